The molecular weight excluding hydrogens is 390 g/mol. The first-order valence-corrected chi connectivity index (χ1v) is 9.94. The van der Waals surface area contributed by atoms with Gasteiger partial charge in [0.25, 0.3) is 0 Å². The Morgan fingerprint density at radius 1 is 1.22 bits per heavy atom. The third-order valence-electron chi connectivity index (χ3n) is 3.59. The van der Waals surface area contributed by atoms with Crippen molar-refractivity contribution < 1.29 is 23.8 Å². The minimum Gasteiger partial charge on any atom is -0.497 e. The quantitative estimate of drug-likeness (QED) is 0.629. The highest BCUT2D eigenvalue weighted by atomic mass is 32.2. The Morgan fingerprint density at radius 2 is 2.00 bits per heavy atom. The number of aromatic nitrogens is 2. The zero-order chi connectivity index (χ0) is 19.8. The fraction of sp³-hybridized carbons (Fsp3) is 0.412. The molecule has 8 nitrogen and oxygen atoms in total. The van der Waals surface area contributed by atoms with Crippen LogP contribution in [0.3, 0.4) is 0 Å². The maximum absolute atomic E-state index is 12.4. The molecule has 27 heavy (non-hydrogen) atoms. The summed E-state index contributed by atoms with van der Waals surface area (Å²) in [7, 11) is 4.46. The molecule has 1 atom stereocenters. The lowest BCUT2D eigenvalue weighted by atomic mass is 10.2. The molecule has 0 aliphatic rings. The Kier molecular flexibility index (Phi) is 7.86. The normalized spacial score (nSPS) is 11.6. The lowest BCUT2D eigenvalue weighted by Gasteiger charge is -2.12. The van der Waals surface area contributed by atoms with Gasteiger partial charge in [0.1, 0.15) is 11.5 Å². The number of thioether (sulfide) groups is 1. The standard InChI is InChI=1S/C17H21N3O5S2/c1-5-13(26-9-14(21)25-4)15(22)18-17-20-19-16(27-17)11-7-6-10(23-2)8-12(11)24-3/h6-8,13H,5,9H2,1-4H3,(H,18,20,22). The molecule has 0 spiro atoms. The summed E-state index contributed by atoms with van der Waals surface area (Å²) in [5.41, 5.74) is 0.753. The molecule has 0 fully saturated rings. The second-order valence-electron chi connectivity index (χ2n) is 5.25. The van der Waals surface area contributed by atoms with Crippen molar-refractivity contribution >= 4 is 40.1 Å². The van der Waals surface area contributed by atoms with Gasteiger partial charge in [0.2, 0.25) is 11.0 Å². The summed E-state index contributed by atoms with van der Waals surface area (Å²) in [5, 5.41) is 11.5. The van der Waals surface area contributed by atoms with E-state index >= 15 is 0 Å². The highest BCUT2D eigenvalue weighted by Gasteiger charge is 2.21. The number of carbonyl (C=O) groups is 2. The second kappa shape index (κ2) is 10.1. The number of anilines is 1. The average Bonchev–Trinajstić information content (AvgIpc) is 3.15. The van der Waals surface area contributed by atoms with Gasteiger partial charge in [-0.05, 0) is 18.6 Å². The van der Waals surface area contributed by atoms with E-state index in [0.717, 1.165) is 5.56 Å². The van der Waals surface area contributed by atoms with E-state index < -0.39 is 0 Å². The summed E-state index contributed by atoms with van der Waals surface area (Å²) in [6.45, 7) is 1.88. The lowest BCUT2D eigenvalue weighted by molar-refractivity contribution is -0.137. The maximum atomic E-state index is 12.4. The number of methoxy groups -OCH3 is 3. The molecule has 1 heterocycles. The van der Waals surface area contributed by atoms with Crippen LogP contribution >= 0.6 is 23.1 Å². The molecule has 0 saturated carbocycles. The topological polar surface area (TPSA) is 99.6 Å². The van der Waals surface area contributed by atoms with Crippen LogP contribution < -0.4 is 14.8 Å². The second-order valence-corrected chi connectivity index (χ2v) is 7.42. The zero-order valence-corrected chi connectivity index (χ0v) is 17.1. The van der Waals surface area contributed by atoms with Crippen molar-refractivity contribution in [1.29, 1.82) is 0 Å². The third-order valence-corrected chi connectivity index (χ3v) is 5.81. The molecule has 0 saturated heterocycles. The summed E-state index contributed by atoms with van der Waals surface area (Å²) in [5.74, 6) is 0.796. The third kappa shape index (κ3) is 5.57. The molecule has 2 aromatic rings. The van der Waals surface area contributed by atoms with Crippen molar-refractivity contribution in [2.45, 2.75) is 18.6 Å². The predicted molar refractivity (Wildman–Crippen MR) is 106 cm³/mol. The summed E-state index contributed by atoms with van der Waals surface area (Å²) in [6.07, 6.45) is 0.575. The van der Waals surface area contributed by atoms with Crippen molar-refractivity contribution in [1.82, 2.24) is 10.2 Å². The van der Waals surface area contributed by atoms with Gasteiger partial charge in [-0.3, -0.25) is 14.9 Å². The van der Waals surface area contributed by atoms with Crippen molar-refractivity contribution in [2.75, 3.05) is 32.4 Å². The fourth-order valence-electron chi connectivity index (χ4n) is 2.15. The molecule has 0 bridgehead atoms. The smallest absolute Gasteiger partial charge is 0.315 e. The van der Waals surface area contributed by atoms with Gasteiger partial charge in [-0.25, -0.2) is 0 Å². The summed E-state index contributed by atoms with van der Waals surface area (Å²) in [4.78, 5) is 23.7. The Bertz CT molecular complexity index is 797. The number of benzene rings is 1. The van der Waals surface area contributed by atoms with Crippen LogP contribution in [0.15, 0.2) is 18.2 Å². The minimum atomic E-state index is -0.382. The molecule has 1 unspecified atom stereocenters. The number of nitrogens with zero attached hydrogens (tertiary/aromatic N) is 2. The number of ether oxygens (including phenoxy) is 3. The highest BCUT2D eigenvalue weighted by Crippen LogP contribution is 2.36. The number of nitrogens with one attached hydrogen (secondary N) is 1. The number of hydrogen-bond acceptors (Lipinski definition) is 9. The molecule has 146 valence electrons. The average molecular weight is 412 g/mol. The van der Waals surface area contributed by atoms with Crippen molar-refractivity contribution in [3.05, 3.63) is 18.2 Å². The van der Waals surface area contributed by atoms with Gasteiger partial charge in [-0.2, -0.15) is 0 Å². The van der Waals surface area contributed by atoms with E-state index in [4.69, 9.17) is 9.47 Å². The van der Waals surface area contributed by atoms with Gasteiger partial charge in [-0.15, -0.1) is 22.0 Å². The predicted octanol–water partition coefficient (Wildman–Crippen LogP) is 2.85. The van der Waals surface area contributed by atoms with Crippen molar-refractivity contribution in [2.24, 2.45) is 0 Å². The molecule has 0 aliphatic heterocycles. The Labute approximate surface area is 165 Å². The maximum Gasteiger partial charge on any atom is 0.315 e. The molecule has 1 amide bonds. The van der Waals surface area contributed by atoms with E-state index in [0.29, 0.717) is 28.1 Å². The van der Waals surface area contributed by atoms with E-state index in [2.05, 4.69) is 20.3 Å². The number of rotatable bonds is 9. The van der Waals surface area contributed by atoms with Crippen molar-refractivity contribution in [3.63, 3.8) is 0 Å². The van der Waals surface area contributed by atoms with Gasteiger partial charge in [-0.1, -0.05) is 18.3 Å². The SMILES string of the molecule is CCC(SCC(=O)OC)C(=O)Nc1nnc(-c2ccc(OC)cc2OC)s1. The fourth-order valence-corrected chi connectivity index (χ4v) is 3.83. The van der Waals surface area contributed by atoms with Gasteiger partial charge < -0.3 is 14.2 Å². The van der Waals surface area contributed by atoms with Gasteiger partial charge in [0, 0.05) is 6.07 Å². The van der Waals surface area contributed by atoms with Crippen LogP contribution in [0.5, 0.6) is 11.5 Å². The van der Waals surface area contributed by atoms with E-state index in [1.807, 2.05) is 13.0 Å². The van der Waals surface area contributed by atoms with Crippen LogP contribution in [0.1, 0.15) is 13.3 Å². The van der Waals surface area contributed by atoms with Gasteiger partial charge in [0.05, 0.1) is 37.9 Å². The van der Waals surface area contributed by atoms with Crippen LogP contribution in [-0.2, 0) is 14.3 Å². The van der Waals surface area contributed by atoms with E-state index in [1.54, 1.807) is 26.4 Å². The van der Waals surface area contributed by atoms with Crippen molar-refractivity contribution in [3.8, 4) is 22.1 Å². The summed E-state index contributed by atoms with van der Waals surface area (Å²) in [6, 6.07) is 5.38. The Balaban J connectivity index is 2.09. The molecule has 1 aromatic carbocycles. The molecule has 1 N–H and O–H groups in total. The van der Waals surface area contributed by atoms with Gasteiger partial charge in [0.15, 0.2) is 5.01 Å². The minimum absolute atomic E-state index is 0.118. The molecular formula is C17H21N3O5S2. The molecule has 2 rings (SSSR count). The van der Waals surface area contributed by atoms with Crippen LogP contribution in [0.4, 0.5) is 5.13 Å². The first-order chi connectivity index (χ1) is 13.0. The molecule has 0 aliphatic carbocycles. The first-order valence-electron chi connectivity index (χ1n) is 8.07. The first kappa shape index (κ1) is 21.0. The zero-order valence-electron chi connectivity index (χ0n) is 15.5. The van der Waals surface area contributed by atoms with Crippen LogP contribution in [0.25, 0.3) is 10.6 Å². The summed E-state index contributed by atoms with van der Waals surface area (Å²) < 4.78 is 15.2. The number of hydrogen-bond donors (Lipinski definition) is 1. The lowest BCUT2D eigenvalue weighted by Crippen LogP contribution is -2.25. The van der Waals surface area contributed by atoms with Gasteiger partial charge >= 0.3 is 5.97 Å². The van der Waals surface area contributed by atoms with Crippen LogP contribution in [-0.4, -0.2) is 54.4 Å². The number of carbonyl (C=O) groups excluding carboxylic acids is 2. The largest absolute Gasteiger partial charge is 0.497 e. The molecule has 10 heteroatoms. The van der Waals surface area contributed by atoms with Crippen LogP contribution in [0.2, 0.25) is 0 Å². The monoisotopic (exact) mass is 411 g/mol. The highest BCUT2D eigenvalue weighted by molar-refractivity contribution is 8.01. The van der Waals surface area contributed by atoms with Crippen LogP contribution in [0, 0.1) is 0 Å². The number of amides is 1. The molecule has 1 aromatic heterocycles. The Morgan fingerprint density at radius 3 is 2.63 bits per heavy atom. The molecule has 0 radical (unpaired) electrons. The van der Waals surface area contributed by atoms with E-state index in [-0.39, 0.29) is 22.9 Å². The summed E-state index contributed by atoms with van der Waals surface area (Å²) >= 11 is 2.47. The van der Waals surface area contributed by atoms with E-state index in [9.17, 15) is 9.59 Å². The van der Waals surface area contributed by atoms with E-state index in [1.165, 1.54) is 30.2 Å². The number of esters is 1. The Hall–Kier alpha value is -2.33.